The van der Waals surface area contributed by atoms with Gasteiger partial charge in [-0.05, 0) is 32.0 Å². The van der Waals surface area contributed by atoms with Crippen LogP contribution in [0.25, 0.3) is 11.0 Å². The van der Waals surface area contributed by atoms with Gasteiger partial charge in [-0.2, -0.15) is 0 Å². The van der Waals surface area contributed by atoms with Gasteiger partial charge in [0.15, 0.2) is 11.4 Å². The maximum absolute atomic E-state index is 13.8. The molecule has 2 rings (SSSR count). The van der Waals surface area contributed by atoms with E-state index in [1.165, 1.54) is 6.07 Å². The number of furan rings is 1. The topological polar surface area (TPSA) is 53.7 Å². The summed E-state index contributed by atoms with van der Waals surface area (Å²) in [6, 6.07) is 4.56. The van der Waals surface area contributed by atoms with Crippen LogP contribution in [0.1, 0.15) is 42.8 Å². The van der Waals surface area contributed by atoms with Crippen LogP contribution in [0.15, 0.2) is 22.6 Å². The number of rotatable bonds is 7. The molecule has 0 atom stereocenters. The van der Waals surface area contributed by atoms with Crippen LogP contribution in [0.5, 0.6) is 0 Å². The summed E-state index contributed by atoms with van der Waals surface area (Å²) >= 11 is 0. The number of hydrogen-bond acceptors (Lipinski definition) is 3. The fourth-order valence-corrected chi connectivity index (χ4v) is 2.59. The summed E-state index contributed by atoms with van der Waals surface area (Å²) in [4.78, 5) is 13.5. The number of carboxylic acid groups (broad SMARTS) is 1. The Morgan fingerprint density at radius 1 is 1.29 bits per heavy atom. The van der Waals surface area contributed by atoms with E-state index < -0.39 is 11.8 Å². The minimum atomic E-state index is -1.16. The van der Waals surface area contributed by atoms with Gasteiger partial charge in [-0.25, -0.2) is 9.18 Å². The molecule has 0 aliphatic rings. The fraction of sp³-hybridized carbons (Fsp3) is 0.438. The first kappa shape index (κ1) is 15.5. The molecular formula is C16H20FNO3. The van der Waals surface area contributed by atoms with E-state index in [0.717, 1.165) is 25.9 Å². The summed E-state index contributed by atoms with van der Waals surface area (Å²) in [6.07, 6.45) is 1.96. The Morgan fingerprint density at radius 2 is 1.95 bits per heavy atom. The summed E-state index contributed by atoms with van der Waals surface area (Å²) in [5, 5.41) is 9.84. The Kier molecular flexibility index (Phi) is 4.96. The molecule has 4 nitrogen and oxygen atoms in total. The minimum absolute atomic E-state index is 0.0258. The average Bonchev–Trinajstić information content (AvgIpc) is 2.80. The van der Waals surface area contributed by atoms with Gasteiger partial charge in [-0.15, -0.1) is 0 Å². The Balaban J connectivity index is 2.47. The van der Waals surface area contributed by atoms with E-state index >= 15 is 0 Å². The van der Waals surface area contributed by atoms with Crippen LogP contribution in [-0.2, 0) is 6.54 Å². The SMILES string of the molecule is CCCN(CCC)Cc1c(C(=O)O)oc2c(F)cccc12. The van der Waals surface area contributed by atoms with Gasteiger partial charge in [-0.3, -0.25) is 4.90 Å². The number of benzene rings is 1. The number of carboxylic acids is 1. The highest BCUT2D eigenvalue weighted by Crippen LogP contribution is 2.29. The molecule has 1 N–H and O–H groups in total. The predicted molar refractivity (Wildman–Crippen MR) is 79.0 cm³/mol. The molecule has 0 aliphatic heterocycles. The summed E-state index contributed by atoms with van der Waals surface area (Å²) in [7, 11) is 0. The predicted octanol–water partition coefficient (Wildman–Crippen LogP) is 3.89. The third-order valence-corrected chi connectivity index (χ3v) is 3.43. The van der Waals surface area contributed by atoms with Crippen LogP contribution >= 0.6 is 0 Å². The van der Waals surface area contributed by atoms with Gasteiger partial charge < -0.3 is 9.52 Å². The summed E-state index contributed by atoms with van der Waals surface area (Å²) in [5.74, 6) is -1.85. The molecule has 1 heterocycles. The molecule has 1 aromatic carbocycles. The number of fused-ring (bicyclic) bond motifs is 1. The zero-order valence-electron chi connectivity index (χ0n) is 12.4. The molecule has 5 heteroatoms. The average molecular weight is 293 g/mol. The molecule has 114 valence electrons. The van der Waals surface area contributed by atoms with E-state index in [1.807, 2.05) is 0 Å². The Bertz CT molecular complexity index is 630. The van der Waals surface area contributed by atoms with Crippen molar-refractivity contribution in [2.75, 3.05) is 13.1 Å². The van der Waals surface area contributed by atoms with Crippen molar-refractivity contribution in [1.82, 2.24) is 4.90 Å². The van der Waals surface area contributed by atoms with Gasteiger partial charge in [0.05, 0.1) is 0 Å². The number of nitrogens with zero attached hydrogens (tertiary/aromatic N) is 1. The van der Waals surface area contributed by atoms with Crippen molar-refractivity contribution in [3.63, 3.8) is 0 Å². The molecule has 21 heavy (non-hydrogen) atoms. The molecule has 0 saturated heterocycles. The summed E-state index contributed by atoms with van der Waals surface area (Å²) in [5.41, 5.74) is 0.580. The van der Waals surface area contributed by atoms with Crippen molar-refractivity contribution in [1.29, 1.82) is 0 Å². The highest BCUT2D eigenvalue weighted by Gasteiger charge is 2.23. The van der Waals surface area contributed by atoms with E-state index in [1.54, 1.807) is 12.1 Å². The van der Waals surface area contributed by atoms with Crippen LogP contribution in [0, 0.1) is 5.82 Å². The van der Waals surface area contributed by atoms with Crippen LogP contribution in [0.3, 0.4) is 0 Å². The molecule has 0 radical (unpaired) electrons. The smallest absolute Gasteiger partial charge is 0.372 e. The Hall–Kier alpha value is -1.88. The molecule has 0 fully saturated rings. The first-order valence-electron chi connectivity index (χ1n) is 7.24. The molecular weight excluding hydrogens is 273 g/mol. The quantitative estimate of drug-likeness (QED) is 0.841. The highest BCUT2D eigenvalue weighted by atomic mass is 19.1. The molecule has 0 saturated carbocycles. The van der Waals surface area contributed by atoms with Crippen LogP contribution in [0.4, 0.5) is 4.39 Å². The first-order chi connectivity index (χ1) is 10.1. The molecule has 0 spiro atoms. The molecule has 0 amide bonds. The standard InChI is InChI=1S/C16H20FNO3/c1-3-8-18(9-4-2)10-12-11-6-5-7-13(17)14(11)21-15(12)16(19)20/h5-7H,3-4,8-10H2,1-2H3,(H,19,20). The van der Waals surface area contributed by atoms with Crippen LogP contribution in [-0.4, -0.2) is 29.1 Å². The lowest BCUT2D eigenvalue weighted by Crippen LogP contribution is -2.25. The van der Waals surface area contributed by atoms with Crippen molar-refractivity contribution in [2.24, 2.45) is 0 Å². The first-order valence-corrected chi connectivity index (χ1v) is 7.24. The summed E-state index contributed by atoms with van der Waals surface area (Å²) < 4.78 is 19.0. The lowest BCUT2D eigenvalue weighted by molar-refractivity contribution is 0.0661. The van der Waals surface area contributed by atoms with E-state index in [0.29, 0.717) is 17.5 Å². The highest BCUT2D eigenvalue weighted by molar-refractivity contribution is 5.95. The number of halogens is 1. The van der Waals surface area contributed by atoms with E-state index in [4.69, 9.17) is 4.42 Å². The minimum Gasteiger partial charge on any atom is -0.475 e. The molecule has 0 bridgehead atoms. The molecule has 1 aromatic heterocycles. The fourth-order valence-electron chi connectivity index (χ4n) is 2.59. The van der Waals surface area contributed by atoms with Crippen molar-refractivity contribution in [3.05, 3.63) is 35.3 Å². The van der Waals surface area contributed by atoms with Crippen molar-refractivity contribution < 1.29 is 18.7 Å². The van der Waals surface area contributed by atoms with Crippen molar-refractivity contribution >= 4 is 16.9 Å². The number of hydrogen-bond donors (Lipinski definition) is 1. The number of para-hydroxylation sites is 1. The van der Waals surface area contributed by atoms with Gasteiger partial charge in [-0.1, -0.05) is 26.0 Å². The normalized spacial score (nSPS) is 11.4. The van der Waals surface area contributed by atoms with Crippen molar-refractivity contribution in [2.45, 2.75) is 33.2 Å². The third-order valence-electron chi connectivity index (χ3n) is 3.43. The van der Waals surface area contributed by atoms with Crippen LogP contribution in [0.2, 0.25) is 0 Å². The van der Waals surface area contributed by atoms with Gasteiger partial charge in [0.1, 0.15) is 0 Å². The number of carbonyl (C=O) groups is 1. The third kappa shape index (κ3) is 3.24. The Labute approximate surface area is 123 Å². The van der Waals surface area contributed by atoms with Gasteiger partial charge in [0.2, 0.25) is 5.76 Å². The Morgan fingerprint density at radius 3 is 2.52 bits per heavy atom. The zero-order chi connectivity index (χ0) is 15.4. The van der Waals surface area contributed by atoms with Gasteiger partial charge in [0, 0.05) is 17.5 Å². The van der Waals surface area contributed by atoms with Crippen molar-refractivity contribution in [3.8, 4) is 0 Å². The lowest BCUT2D eigenvalue weighted by atomic mass is 10.1. The largest absolute Gasteiger partial charge is 0.475 e. The maximum Gasteiger partial charge on any atom is 0.372 e. The molecule has 0 aliphatic carbocycles. The summed E-state index contributed by atoms with van der Waals surface area (Å²) in [6.45, 7) is 6.35. The van der Waals surface area contributed by atoms with Gasteiger partial charge in [0.25, 0.3) is 0 Å². The van der Waals surface area contributed by atoms with E-state index in [2.05, 4.69) is 18.7 Å². The monoisotopic (exact) mass is 293 g/mol. The molecule has 2 aromatic rings. The van der Waals surface area contributed by atoms with E-state index in [9.17, 15) is 14.3 Å². The second kappa shape index (κ2) is 6.72. The second-order valence-electron chi connectivity index (χ2n) is 5.11. The van der Waals surface area contributed by atoms with E-state index in [-0.39, 0.29) is 11.3 Å². The van der Waals surface area contributed by atoms with Gasteiger partial charge >= 0.3 is 5.97 Å². The second-order valence-corrected chi connectivity index (χ2v) is 5.11. The van der Waals surface area contributed by atoms with Crippen LogP contribution < -0.4 is 0 Å². The lowest BCUT2D eigenvalue weighted by Gasteiger charge is -2.20. The number of aromatic carboxylic acids is 1. The zero-order valence-corrected chi connectivity index (χ0v) is 12.4. The maximum atomic E-state index is 13.8. The molecule has 0 unspecified atom stereocenters.